The van der Waals surface area contributed by atoms with E-state index in [-0.39, 0.29) is 10.8 Å². The fourth-order valence-corrected chi connectivity index (χ4v) is 13.2. The Morgan fingerprint density at radius 3 is 1.33 bits per heavy atom. The summed E-state index contributed by atoms with van der Waals surface area (Å²) in [5.41, 5.74) is 23.8. The van der Waals surface area contributed by atoms with Gasteiger partial charge >= 0.3 is 0 Å². The molecule has 2 aliphatic rings. The minimum absolute atomic E-state index is 0.0568. The highest BCUT2D eigenvalue weighted by atomic mass is 16.3. The van der Waals surface area contributed by atoms with E-state index >= 15 is 0 Å². The molecule has 70 heavy (non-hydrogen) atoms. The topological polar surface area (TPSA) is 17.6 Å². The van der Waals surface area contributed by atoms with Gasteiger partial charge in [0, 0.05) is 43.1 Å². The zero-order chi connectivity index (χ0) is 46.4. The van der Waals surface area contributed by atoms with E-state index in [1.54, 1.807) is 0 Å². The van der Waals surface area contributed by atoms with Crippen molar-refractivity contribution in [3.05, 3.63) is 222 Å². The van der Waals surface area contributed by atoms with Gasteiger partial charge in [-0.05, 0) is 178 Å². The van der Waals surface area contributed by atoms with Crippen LogP contribution in [0.5, 0.6) is 0 Å². The summed E-state index contributed by atoms with van der Waals surface area (Å²) in [5.74, 6) is 0. The van der Waals surface area contributed by atoms with Gasteiger partial charge in [-0.1, -0.05) is 149 Å². The zero-order valence-electron chi connectivity index (χ0n) is 39.4. The Bertz CT molecular complexity index is 4410. The van der Waals surface area contributed by atoms with Gasteiger partial charge in [0.15, 0.2) is 0 Å². The van der Waals surface area contributed by atoms with E-state index in [2.05, 4.69) is 226 Å². The summed E-state index contributed by atoms with van der Waals surface area (Å²) < 4.78 is 8.86. The van der Waals surface area contributed by atoms with Crippen molar-refractivity contribution in [3.8, 4) is 55.6 Å². The number of nitrogens with zero attached hydrogens (tertiary/aromatic N) is 1. The predicted octanol–water partition coefficient (Wildman–Crippen LogP) is 18.7. The molecule has 0 spiro atoms. The first-order valence-electron chi connectivity index (χ1n) is 24.7. The Balaban J connectivity index is 0.909. The van der Waals surface area contributed by atoms with E-state index in [1.165, 1.54) is 138 Å². The molecule has 328 valence electrons. The van der Waals surface area contributed by atoms with Gasteiger partial charge in [-0.15, -0.1) is 0 Å². The van der Waals surface area contributed by atoms with Crippen LogP contribution in [0.2, 0.25) is 0 Å². The highest BCUT2D eigenvalue weighted by Gasteiger charge is 2.36. The normalized spacial score (nSPS) is 14.5. The van der Waals surface area contributed by atoms with E-state index in [1.807, 2.05) is 6.07 Å². The molecule has 2 nitrogen and oxygen atoms in total. The molecule has 0 amide bonds. The number of rotatable bonds is 3. The second-order valence-electron chi connectivity index (χ2n) is 21.3. The van der Waals surface area contributed by atoms with Gasteiger partial charge in [0.25, 0.3) is 0 Å². The van der Waals surface area contributed by atoms with Crippen LogP contribution in [0.4, 0.5) is 0 Å². The van der Waals surface area contributed by atoms with E-state index in [0.717, 1.165) is 21.9 Å². The largest absolute Gasteiger partial charge is 0.456 e. The van der Waals surface area contributed by atoms with Crippen LogP contribution in [0.3, 0.4) is 0 Å². The van der Waals surface area contributed by atoms with Crippen molar-refractivity contribution in [3.63, 3.8) is 0 Å². The number of hydrogen-bond donors (Lipinski definition) is 0. The molecule has 3 aromatic heterocycles. The number of para-hydroxylation sites is 1. The Morgan fingerprint density at radius 2 is 0.743 bits per heavy atom. The quantitative estimate of drug-likeness (QED) is 0.173. The fourth-order valence-electron chi connectivity index (χ4n) is 13.2. The van der Waals surface area contributed by atoms with Crippen molar-refractivity contribution in [2.75, 3.05) is 0 Å². The minimum atomic E-state index is -0.0568. The molecule has 16 rings (SSSR count). The van der Waals surface area contributed by atoms with Crippen LogP contribution in [0.15, 0.2) is 205 Å². The SMILES string of the molecule is CC1(C)c2ccccc2-c2ccc(-c3ccc4cc5c6cc(-c7ccc8oc9ccccc9c8c7)cc7c8cc9ccc(-c%10ccc%11c(c%10)C(C)(C)c%10ccccc%10-%11)cc9cc8n(c5cc4c3)c67)cc21. The van der Waals surface area contributed by atoms with Gasteiger partial charge in [0.1, 0.15) is 11.2 Å². The van der Waals surface area contributed by atoms with Crippen LogP contribution in [0.1, 0.15) is 49.9 Å². The van der Waals surface area contributed by atoms with E-state index < -0.39 is 0 Å². The zero-order valence-corrected chi connectivity index (χ0v) is 39.4. The molecule has 2 aliphatic carbocycles. The lowest BCUT2D eigenvalue weighted by molar-refractivity contribution is 0.660. The smallest absolute Gasteiger partial charge is 0.135 e. The summed E-state index contributed by atoms with van der Waals surface area (Å²) in [6.07, 6.45) is 0. The maximum absolute atomic E-state index is 6.29. The van der Waals surface area contributed by atoms with E-state index in [4.69, 9.17) is 4.42 Å². The standard InChI is InChI=1S/C68H45NO/c1-67(2)58-14-8-5-11-48(58)50-24-21-43(34-60(50)67)38-17-19-40-29-53-56-32-47(42-23-26-65-55(31-42)52-13-7-10-16-64(52)70-65)33-57-54-30-41-20-18-39(28-46(41)37-63(54)69(66(56)57)62(53)36-45(40)27-38)44-22-25-51-49-12-6-9-15-59(49)68(3,4)61(51)35-44/h5-37H,1-4H3. The molecular formula is C68H45NO. The Labute approximate surface area is 405 Å². The molecule has 0 aliphatic heterocycles. The maximum atomic E-state index is 6.29. The Kier molecular flexibility index (Phi) is 7.26. The Morgan fingerprint density at radius 1 is 0.300 bits per heavy atom. The molecule has 0 atom stereocenters. The number of hydrogen-bond acceptors (Lipinski definition) is 1. The lowest BCUT2D eigenvalue weighted by atomic mass is 9.81. The molecule has 0 radical (unpaired) electrons. The molecule has 11 aromatic carbocycles. The summed E-state index contributed by atoms with van der Waals surface area (Å²) in [5, 5.41) is 12.3. The van der Waals surface area contributed by atoms with Crippen LogP contribution in [-0.4, -0.2) is 4.40 Å². The first-order valence-corrected chi connectivity index (χ1v) is 24.7. The Hall–Kier alpha value is -8.46. The molecule has 0 N–H and O–H groups in total. The lowest BCUT2D eigenvalue weighted by Gasteiger charge is -2.22. The van der Waals surface area contributed by atoms with Crippen LogP contribution in [0, 0.1) is 0 Å². The first kappa shape index (κ1) is 38.5. The first-order chi connectivity index (χ1) is 34.2. The lowest BCUT2D eigenvalue weighted by Crippen LogP contribution is -2.14. The molecule has 0 fully saturated rings. The number of fused-ring (bicyclic) bond motifs is 17. The summed E-state index contributed by atoms with van der Waals surface area (Å²) in [6, 6.07) is 75.8. The monoisotopic (exact) mass is 891 g/mol. The second kappa shape index (κ2) is 13.2. The molecule has 0 saturated heterocycles. The number of aromatic nitrogens is 1. The van der Waals surface area contributed by atoms with Gasteiger partial charge in [0.05, 0.1) is 16.6 Å². The maximum Gasteiger partial charge on any atom is 0.135 e. The van der Waals surface area contributed by atoms with Gasteiger partial charge in [-0.25, -0.2) is 0 Å². The van der Waals surface area contributed by atoms with Gasteiger partial charge in [-0.2, -0.15) is 0 Å². The highest BCUT2D eigenvalue weighted by Crippen LogP contribution is 2.52. The van der Waals surface area contributed by atoms with Gasteiger partial charge < -0.3 is 8.82 Å². The molecule has 14 aromatic rings. The van der Waals surface area contributed by atoms with E-state index in [9.17, 15) is 0 Å². The average molecular weight is 892 g/mol. The van der Waals surface area contributed by atoms with Crippen molar-refractivity contribution >= 4 is 81.6 Å². The predicted molar refractivity (Wildman–Crippen MR) is 295 cm³/mol. The van der Waals surface area contributed by atoms with Gasteiger partial charge in [0.2, 0.25) is 0 Å². The van der Waals surface area contributed by atoms with Crippen LogP contribution < -0.4 is 0 Å². The second-order valence-corrected chi connectivity index (χ2v) is 21.3. The molecule has 2 heteroatoms. The summed E-state index contributed by atoms with van der Waals surface area (Å²) >= 11 is 0. The highest BCUT2D eigenvalue weighted by molar-refractivity contribution is 6.27. The third-order valence-electron chi connectivity index (χ3n) is 16.8. The van der Waals surface area contributed by atoms with Crippen LogP contribution in [0.25, 0.3) is 137 Å². The molecule has 0 bridgehead atoms. The van der Waals surface area contributed by atoms with Crippen LogP contribution >= 0.6 is 0 Å². The van der Waals surface area contributed by atoms with Gasteiger partial charge in [-0.3, -0.25) is 0 Å². The van der Waals surface area contributed by atoms with Crippen molar-refractivity contribution in [2.24, 2.45) is 0 Å². The minimum Gasteiger partial charge on any atom is -0.456 e. The number of furan rings is 1. The van der Waals surface area contributed by atoms with Crippen molar-refractivity contribution in [1.82, 2.24) is 4.40 Å². The van der Waals surface area contributed by atoms with Crippen molar-refractivity contribution in [2.45, 2.75) is 38.5 Å². The van der Waals surface area contributed by atoms with Crippen molar-refractivity contribution < 1.29 is 4.42 Å². The van der Waals surface area contributed by atoms with Crippen LogP contribution in [-0.2, 0) is 10.8 Å². The molecule has 3 heterocycles. The van der Waals surface area contributed by atoms with E-state index in [0.29, 0.717) is 0 Å². The number of benzene rings is 11. The fraction of sp³-hybridized carbons (Fsp3) is 0.0882. The molecular weight excluding hydrogens is 847 g/mol. The summed E-state index contributed by atoms with van der Waals surface area (Å²) in [4.78, 5) is 0. The third kappa shape index (κ3) is 5.02. The van der Waals surface area contributed by atoms with Crippen molar-refractivity contribution in [1.29, 1.82) is 0 Å². The molecule has 0 saturated carbocycles. The molecule has 0 unspecified atom stereocenters. The average Bonchev–Trinajstić information content (AvgIpc) is 4.14. The summed E-state index contributed by atoms with van der Waals surface area (Å²) in [7, 11) is 0. The third-order valence-corrected chi connectivity index (χ3v) is 16.8. The summed E-state index contributed by atoms with van der Waals surface area (Å²) in [6.45, 7) is 9.46.